The Bertz CT molecular complexity index is 979. The number of para-hydroxylation sites is 1. The normalized spacial score (nSPS) is 11.4. The van der Waals surface area contributed by atoms with Crippen molar-refractivity contribution in [3.63, 3.8) is 0 Å². The standard InChI is InChI=1S/C16H9ClFNO2S/c17-8-11-7-9-6-10(4-5-13(9)20-11)21-16-19-15-12(18)2-1-3-14(15)22-16/h1-7H,8H2. The summed E-state index contributed by atoms with van der Waals surface area (Å²) in [7, 11) is 0. The van der Waals surface area contributed by atoms with Crippen molar-refractivity contribution >= 4 is 44.1 Å². The molecule has 0 saturated carbocycles. The molecule has 0 bridgehead atoms. The number of furan rings is 1. The van der Waals surface area contributed by atoms with E-state index in [-0.39, 0.29) is 5.82 Å². The van der Waals surface area contributed by atoms with E-state index in [9.17, 15) is 4.39 Å². The zero-order valence-corrected chi connectivity index (χ0v) is 12.7. The van der Waals surface area contributed by atoms with Gasteiger partial charge in [-0.3, -0.25) is 0 Å². The fourth-order valence-corrected chi connectivity index (χ4v) is 3.23. The third-order valence-corrected chi connectivity index (χ3v) is 4.39. The number of benzene rings is 2. The molecule has 0 amide bonds. The van der Waals surface area contributed by atoms with Gasteiger partial charge in [-0.05, 0) is 36.4 Å². The van der Waals surface area contributed by atoms with E-state index >= 15 is 0 Å². The first-order valence-corrected chi connectivity index (χ1v) is 7.89. The molecule has 0 N–H and O–H groups in total. The fourth-order valence-electron chi connectivity index (χ4n) is 2.24. The van der Waals surface area contributed by atoms with Crippen LogP contribution < -0.4 is 4.74 Å². The minimum absolute atomic E-state index is 0.321. The Hall–Kier alpha value is -2.11. The number of halogens is 2. The van der Waals surface area contributed by atoms with Gasteiger partial charge < -0.3 is 9.15 Å². The van der Waals surface area contributed by atoms with Gasteiger partial charge in [0, 0.05) is 5.39 Å². The second-order valence-electron chi connectivity index (χ2n) is 4.71. The van der Waals surface area contributed by atoms with Crippen LogP contribution in [0.15, 0.2) is 46.9 Å². The number of hydrogen-bond acceptors (Lipinski definition) is 4. The van der Waals surface area contributed by atoms with Crippen LogP contribution in [-0.2, 0) is 5.88 Å². The van der Waals surface area contributed by atoms with Crippen LogP contribution >= 0.6 is 22.9 Å². The number of alkyl halides is 1. The van der Waals surface area contributed by atoms with Gasteiger partial charge in [0.2, 0.25) is 0 Å². The third kappa shape index (κ3) is 2.32. The van der Waals surface area contributed by atoms with E-state index in [4.69, 9.17) is 20.8 Å². The summed E-state index contributed by atoms with van der Waals surface area (Å²) < 4.78 is 25.7. The first-order chi connectivity index (χ1) is 10.7. The highest BCUT2D eigenvalue weighted by atomic mass is 35.5. The van der Waals surface area contributed by atoms with Crippen molar-refractivity contribution in [2.75, 3.05) is 0 Å². The van der Waals surface area contributed by atoms with Gasteiger partial charge in [-0.15, -0.1) is 11.6 Å². The zero-order valence-electron chi connectivity index (χ0n) is 11.2. The van der Waals surface area contributed by atoms with Crippen molar-refractivity contribution in [3.8, 4) is 10.9 Å². The molecule has 6 heteroatoms. The number of thiazole rings is 1. The summed E-state index contributed by atoms with van der Waals surface area (Å²) in [6, 6.07) is 12.2. The van der Waals surface area contributed by atoms with Crippen LogP contribution in [0.1, 0.15) is 5.76 Å². The van der Waals surface area contributed by atoms with Crippen molar-refractivity contribution in [3.05, 3.63) is 54.0 Å². The molecular weight excluding hydrogens is 325 g/mol. The van der Waals surface area contributed by atoms with E-state index in [0.29, 0.717) is 28.1 Å². The van der Waals surface area contributed by atoms with Crippen LogP contribution in [0.25, 0.3) is 21.2 Å². The molecule has 0 aliphatic rings. The molecule has 22 heavy (non-hydrogen) atoms. The second kappa shape index (κ2) is 5.26. The van der Waals surface area contributed by atoms with Gasteiger partial charge in [-0.25, -0.2) is 4.39 Å². The summed E-state index contributed by atoms with van der Waals surface area (Å²) in [6.07, 6.45) is 0. The maximum Gasteiger partial charge on any atom is 0.279 e. The quantitative estimate of drug-likeness (QED) is 0.450. The SMILES string of the molecule is Fc1cccc2sc(Oc3ccc4oc(CCl)cc4c3)nc12. The molecule has 0 fully saturated rings. The molecule has 0 aliphatic carbocycles. The molecule has 4 rings (SSSR count). The Labute approximate surface area is 133 Å². The predicted molar refractivity (Wildman–Crippen MR) is 85.4 cm³/mol. The molecule has 3 nitrogen and oxygen atoms in total. The van der Waals surface area contributed by atoms with Gasteiger partial charge >= 0.3 is 0 Å². The molecule has 0 radical (unpaired) electrons. The highest BCUT2D eigenvalue weighted by molar-refractivity contribution is 7.20. The first kappa shape index (κ1) is 13.5. The minimum atomic E-state index is -0.347. The van der Waals surface area contributed by atoms with E-state index in [1.54, 1.807) is 12.1 Å². The van der Waals surface area contributed by atoms with Crippen molar-refractivity contribution in [2.24, 2.45) is 0 Å². The zero-order chi connectivity index (χ0) is 15.1. The van der Waals surface area contributed by atoms with E-state index < -0.39 is 0 Å². The number of rotatable bonds is 3. The van der Waals surface area contributed by atoms with Crippen LogP contribution in [0.3, 0.4) is 0 Å². The lowest BCUT2D eigenvalue weighted by molar-refractivity contribution is 0.479. The van der Waals surface area contributed by atoms with Gasteiger partial charge in [-0.2, -0.15) is 4.98 Å². The number of ether oxygens (including phenoxy) is 1. The van der Waals surface area contributed by atoms with Gasteiger partial charge in [-0.1, -0.05) is 17.4 Å². The lowest BCUT2D eigenvalue weighted by atomic mass is 10.2. The summed E-state index contributed by atoms with van der Waals surface area (Å²) in [6.45, 7) is 0. The fraction of sp³-hybridized carbons (Fsp3) is 0.0625. The molecular formula is C16H9ClFNO2S. The summed E-state index contributed by atoms with van der Waals surface area (Å²) >= 11 is 7.06. The Balaban J connectivity index is 1.70. The van der Waals surface area contributed by atoms with E-state index in [2.05, 4.69) is 4.98 Å². The molecule has 110 valence electrons. The largest absolute Gasteiger partial charge is 0.460 e. The topological polar surface area (TPSA) is 35.3 Å². The molecule has 2 aromatic carbocycles. The van der Waals surface area contributed by atoms with E-state index in [0.717, 1.165) is 15.7 Å². The number of aromatic nitrogens is 1. The minimum Gasteiger partial charge on any atom is -0.460 e. The van der Waals surface area contributed by atoms with Crippen molar-refractivity contribution in [1.29, 1.82) is 0 Å². The average Bonchev–Trinajstić information content (AvgIpc) is 3.10. The summed E-state index contributed by atoms with van der Waals surface area (Å²) in [5.41, 5.74) is 1.08. The molecule has 0 saturated heterocycles. The highest BCUT2D eigenvalue weighted by Gasteiger charge is 2.10. The summed E-state index contributed by atoms with van der Waals surface area (Å²) in [4.78, 5) is 4.19. The van der Waals surface area contributed by atoms with E-state index in [1.165, 1.54) is 17.4 Å². The molecule has 0 unspecified atom stereocenters. The number of nitrogens with zero attached hydrogens (tertiary/aromatic N) is 1. The lowest BCUT2D eigenvalue weighted by Crippen LogP contribution is -1.83. The average molecular weight is 334 g/mol. The Morgan fingerprint density at radius 2 is 2.14 bits per heavy atom. The van der Waals surface area contributed by atoms with Crippen molar-refractivity contribution < 1.29 is 13.5 Å². The van der Waals surface area contributed by atoms with Gasteiger partial charge in [0.25, 0.3) is 5.19 Å². The second-order valence-corrected chi connectivity index (χ2v) is 5.97. The first-order valence-electron chi connectivity index (χ1n) is 6.54. The van der Waals surface area contributed by atoms with Crippen molar-refractivity contribution in [1.82, 2.24) is 4.98 Å². The molecule has 0 aliphatic heterocycles. The van der Waals surface area contributed by atoms with Crippen LogP contribution in [0.4, 0.5) is 4.39 Å². The van der Waals surface area contributed by atoms with Crippen LogP contribution in [-0.4, -0.2) is 4.98 Å². The Morgan fingerprint density at radius 3 is 2.95 bits per heavy atom. The highest BCUT2D eigenvalue weighted by Crippen LogP contribution is 2.34. The smallest absolute Gasteiger partial charge is 0.279 e. The maximum atomic E-state index is 13.7. The van der Waals surface area contributed by atoms with Gasteiger partial charge in [0.1, 0.15) is 28.4 Å². The molecule has 0 atom stereocenters. The van der Waals surface area contributed by atoms with Crippen LogP contribution in [0, 0.1) is 5.82 Å². The summed E-state index contributed by atoms with van der Waals surface area (Å²) in [5, 5.41) is 1.31. The summed E-state index contributed by atoms with van der Waals surface area (Å²) in [5.74, 6) is 1.30. The van der Waals surface area contributed by atoms with Crippen LogP contribution in [0.5, 0.6) is 10.9 Å². The van der Waals surface area contributed by atoms with E-state index in [1.807, 2.05) is 24.3 Å². The predicted octanol–water partition coefficient (Wildman–Crippen LogP) is 5.71. The van der Waals surface area contributed by atoms with Crippen molar-refractivity contribution in [2.45, 2.75) is 5.88 Å². The Morgan fingerprint density at radius 1 is 1.23 bits per heavy atom. The Kier molecular flexibility index (Phi) is 3.24. The lowest BCUT2D eigenvalue weighted by Gasteiger charge is -2.00. The molecule has 2 aromatic heterocycles. The molecule has 4 aromatic rings. The number of fused-ring (bicyclic) bond motifs is 2. The van der Waals surface area contributed by atoms with Gasteiger partial charge in [0.15, 0.2) is 0 Å². The monoisotopic (exact) mass is 333 g/mol. The number of hydrogen-bond donors (Lipinski definition) is 0. The third-order valence-electron chi connectivity index (χ3n) is 3.23. The van der Waals surface area contributed by atoms with Crippen LogP contribution in [0.2, 0.25) is 0 Å². The molecule has 2 heterocycles. The van der Waals surface area contributed by atoms with Gasteiger partial charge in [0.05, 0.1) is 10.6 Å². The maximum absolute atomic E-state index is 13.7. The molecule has 0 spiro atoms.